The minimum atomic E-state index is -1.20. The first-order chi connectivity index (χ1) is 38.4. The molecule has 4 aliphatic rings. The van der Waals surface area contributed by atoms with Crippen LogP contribution in [-0.4, -0.2) is 155 Å². The number of carbonyl (C=O) groups excluding carboxylic acids is 4. The highest BCUT2D eigenvalue weighted by Gasteiger charge is 2.42. The summed E-state index contributed by atoms with van der Waals surface area (Å²) in [6, 6.07) is 17.9. The number of aliphatic hydroxyl groups is 1. The molecule has 7 atom stereocenters. The van der Waals surface area contributed by atoms with Gasteiger partial charge in [0.1, 0.15) is 30.0 Å². The number of aryl methyl sites for hydroxylation is 1. The summed E-state index contributed by atoms with van der Waals surface area (Å²) in [7, 11) is 3.26. The van der Waals surface area contributed by atoms with Gasteiger partial charge in [0.2, 0.25) is 5.91 Å². The van der Waals surface area contributed by atoms with Crippen molar-refractivity contribution in [3.63, 3.8) is 0 Å². The molecule has 3 amide bonds. The zero-order chi connectivity index (χ0) is 57.0. The Morgan fingerprint density at radius 2 is 1.80 bits per heavy atom. The van der Waals surface area contributed by atoms with E-state index in [0.717, 1.165) is 56.7 Å². The number of hydrogen-bond acceptors (Lipinski definition) is 14. The fourth-order valence-electron chi connectivity index (χ4n) is 11.9. The van der Waals surface area contributed by atoms with Crippen LogP contribution in [0, 0.1) is 23.2 Å². The molecule has 6 N–H and O–H groups in total. The van der Waals surface area contributed by atoms with Gasteiger partial charge in [-0.3, -0.25) is 34.1 Å². The van der Waals surface area contributed by atoms with Crippen molar-refractivity contribution < 1.29 is 48.3 Å². The Hall–Kier alpha value is -6.85. The molecule has 6 heterocycles. The van der Waals surface area contributed by atoms with Gasteiger partial charge in [-0.1, -0.05) is 63.8 Å². The number of anilines is 1. The van der Waals surface area contributed by atoms with Gasteiger partial charge in [0, 0.05) is 98.6 Å². The highest BCUT2D eigenvalue weighted by molar-refractivity contribution is 5.96. The number of hydrogen-bond donors (Lipinski definition) is 5. The minimum absolute atomic E-state index is 0.0294. The summed E-state index contributed by atoms with van der Waals surface area (Å²) in [6.07, 6.45) is 2.29. The number of pyridine rings is 1. The second-order valence-electron chi connectivity index (χ2n) is 23.0. The van der Waals surface area contributed by atoms with Crippen LogP contribution in [0.1, 0.15) is 101 Å². The van der Waals surface area contributed by atoms with Crippen LogP contribution in [0.4, 0.5) is 5.69 Å². The number of nitrogens with one attached hydrogen (secondary N) is 2. The number of esters is 1. The van der Waals surface area contributed by atoms with Crippen LogP contribution in [0.25, 0.3) is 33.3 Å². The van der Waals surface area contributed by atoms with Crippen LogP contribution in [0.3, 0.4) is 0 Å². The van der Waals surface area contributed by atoms with E-state index >= 15 is 0 Å². The third-order valence-corrected chi connectivity index (χ3v) is 16.1. The molecule has 0 spiro atoms. The summed E-state index contributed by atoms with van der Waals surface area (Å²) in [5, 5.41) is 26.7. The Labute approximate surface area is 469 Å². The van der Waals surface area contributed by atoms with Gasteiger partial charge in [0.25, 0.3) is 11.8 Å². The van der Waals surface area contributed by atoms with Crippen molar-refractivity contribution in [2.45, 2.75) is 123 Å². The van der Waals surface area contributed by atoms with E-state index in [9.17, 15) is 29.4 Å². The molecule has 80 heavy (non-hydrogen) atoms. The third-order valence-electron chi connectivity index (χ3n) is 16.1. The smallest absolute Gasteiger partial charge is 0.324 e. The maximum atomic E-state index is 15.0. The van der Waals surface area contributed by atoms with Crippen molar-refractivity contribution >= 4 is 40.3 Å². The zero-order valence-electron chi connectivity index (χ0n) is 47.4. The molecular formula is C62H78N8O10. The van der Waals surface area contributed by atoms with Crippen LogP contribution in [0.5, 0.6) is 5.75 Å². The number of fused-ring (bicyclic) bond motifs is 6. The monoisotopic (exact) mass is 1090 g/mol. The number of aromatic nitrogens is 2. The van der Waals surface area contributed by atoms with Crippen molar-refractivity contribution in [3.8, 4) is 40.0 Å². The van der Waals surface area contributed by atoms with E-state index in [0.29, 0.717) is 75.3 Å². The lowest BCUT2D eigenvalue weighted by molar-refractivity contribution is -0.155. The predicted molar refractivity (Wildman–Crippen MR) is 305 cm³/mol. The van der Waals surface area contributed by atoms with Gasteiger partial charge in [-0.05, 0) is 116 Å². The predicted octanol–water partition coefficient (Wildman–Crippen LogP) is 6.13. The van der Waals surface area contributed by atoms with Gasteiger partial charge in [0.05, 0.1) is 50.0 Å². The summed E-state index contributed by atoms with van der Waals surface area (Å²) in [5.41, 5.74) is 17.3. The fourth-order valence-corrected chi connectivity index (χ4v) is 11.9. The number of phenols is 1. The van der Waals surface area contributed by atoms with Crippen molar-refractivity contribution in [2.75, 3.05) is 72.5 Å². The van der Waals surface area contributed by atoms with E-state index < -0.39 is 47.4 Å². The molecule has 4 aliphatic heterocycles. The van der Waals surface area contributed by atoms with Crippen molar-refractivity contribution in [1.29, 1.82) is 0 Å². The van der Waals surface area contributed by atoms with E-state index in [1.165, 1.54) is 9.91 Å². The minimum Gasteiger partial charge on any atom is -0.508 e. The molecule has 0 radical (unpaired) electrons. The molecule has 0 saturated carbocycles. The second kappa shape index (κ2) is 24.9. The number of aliphatic hydroxyl groups excluding tert-OH is 1. The number of nitrogen functional groups attached to an aromatic ring is 1. The normalized spacial score (nSPS) is 22.5. The first-order valence-corrected chi connectivity index (χ1v) is 28.1. The maximum Gasteiger partial charge on any atom is 0.324 e. The number of aromatic hydroxyl groups is 1. The molecule has 9 rings (SSSR count). The van der Waals surface area contributed by atoms with E-state index in [4.69, 9.17) is 29.7 Å². The Morgan fingerprint density at radius 3 is 2.54 bits per heavy atom. The summed E-state index contributed by atoms with van der Waals surface area (Å²) >= 11 is 0. The number of hydrazine groups is 1. The van der Waals surface area contributed by atoms with Crippen LogP contribution < -0.4 is 16.5 Å². The molecule has 3 saturated heterocycles. The van der Waals surface area contributed by atoms with Crippen LogP contribution in [0.2, 0.25) is 0 Å². The number of morpholine rings is 1. The lowest BCUT2D eigenvalue weighted by Gasteiger charge is -2.37. The van der Waals surface area contributed by atoms with Gasteiger partial charge >= 0.3 is 5.97 Å². The van der Waals surface area contributed by atoms with E-state index in [1.807, 2.05) is 45.0 Å². The highest BCUT2D eigenvalue weighted by atomic mass is 16.5. The topological polar surface area (TPSA) is 223 Å². The number of rotatable bonds is 12. The molecule has 0 aliphatic carbocycles. The molecular weight excluding hydrogens is 1020 g/mol. The average molecular weight is 1100 g/mol. The molecule has 18 nitrogen and oxygen atoms in total. The fraction of sp³-hybridized carbons (Fsp3) is 0.500. The Balaban J connectivity index is 1.10. The van der Waals surface area contributed by atoms with Crippen molar-refractivity contribution in [2.24, 2.45) is 11.3 Å². The number of phenolic OH excluding ortho intramolecular Hbond substituents is 1. The summed E-state index contributed by atoms with van der Waals surface area (Å²) in [4.78, 5) is 67.0. The number of benzene rings is 3. The summed E-state index contributed by atoms with van der Waals surface area (Å²) in [5.74, 6) is 4.17. The number of cyclic esters (lactones) is 1. The average Bonchev–Trinajstić information content (AvgIpc) is 4.07. The quantitative estimate of drug-likeness (QED) is 0.0539. The number of ether oxygens (including phenoxy) is 4. The zero-order valence-corrected chi connectivity index (χ0v) is 47.4. The molecule has 3 aromatic carbocycles. The molecule has 18 heteroatoms. The van der Waals surface area contributed by atoms with Crippen molar-refractivity contribution in [1.82, 2.24) is 35.1 Å². The SMILES string of the molecule is CCn1c(-c2cc(C#CCN3CCO[C@H](CO)C3)cnc2[C@H](C)OC)c2c3cc(ccc31)-c1cc(O)cc(c1)C[C@H](NC(=O)[C@H](C(C)C)N(C)C(=O)[C@@H]1OCC[C@@H]1c1ccc(N)cc1)C(=O)N1CCC[C@H](N1)C(=O)OCC(C)(C)C2. The van der Waals surface area contributed by atoms with Gasteiger partial charge < -0.3 is 49.7 Å². The lowest BCUT2D eigenvalue weighted by atomic mass is 9.84. The number of nitrogens with two attached hydrogens (primary N) is 1. The molecule has 426 valence electrons. The first-order valence-electron chi connectivity index (χ1n) is 28.1. The largest absolute Gasteiger partial charge is 0.508 e. The summed E-state index contributed by atoms with van der Waals surface area (Å²) in [6.45, 7) is 15.5. The molecule has 0 unspecified atom stereocenters. The molecule has 5 aromatic rings. The van der Waals surface area contributed by atoms with E-state index in [2.05, 4.69) is 71.0 Å². The van der Waals surface area contributed by atoms with Gasteiger partial charge in [0.15, 0.2) is 0 Å². The summed E-state index contributed by atoms with van der Waals surface area (Å²) < 4.78 is 26.2. The Bertz CT molecular complexity index is 3150. The molecule has 3 fully saturated rings. The van der Waals surface area contributed by atoms with E-state index in [-0.39, 0.29) is 61.9 Å². The number of carbonyl (C=O) groups is 4. The molecule has 2 aromatic heterocycles. The highest BCUT2D eigenvalue weighted by Crippen LogP contribution is 2.43. The maximum absolute atomic E-state index is 15.0. The first kappa shape index (κ1) is 57.8. The third kappa shape index (κ3) is 12.7. The van der Waals surface area contributed by atoms with Crippen molar-refractivity contribution in [3.05, 3.63) is 101 Å². The van der Waals surface area contributed by atoms with Gasteiger partial charge in [-0.2, -0.15) is 0 Å². The van der Waals surface area contributed by atoms with Crippen LogP contribution in [0.15, 0.2) is 72.9 Å². The number of methoxy groups -OCH3 is 1. The van der Waals surface area contributed by atoms with Crippen LogP contribution in [-0.2, 0) is 57.5 Å². The Kier molecular flexibility index (Phi) is 18.0. The number of likely N-dealkylation sites (N-methyl/N-ethyl adjacent to an activating group) is 1. The van der Waals surface area contributed by atoms with Crippen LogP contribution >= 0.6 is 0 Å². The second-order valence-corrected chi connectivity index (χ2v) is 23.0. The number of amides is 3. The van der Waals surface area contributed by atoms with Gasteiger partial charge in [-0.15, -0.1) is 0 Å². The lowest BCUT2D eigenvalue weighted by Crippen LogP contribution is -2.62. The van der Waals surface area contributed by atoms with E-state index in [1.54, 1.807) is 44.6 Å². The molecule has 6 bridgehead atoms. The standard InChI is InChI=1S/C62H78N8O10/c1-9-69-53-19-16-42-31-48(53)50(56(69)49-28-39(33-64-54(49)38(4)77-8)12-10-21-68-23-25-78-46(34-68)35-71)32-62(5,6)36-80-61(76)51-13-11-22-70(66-51)59(74)52(29-40-26-43(42)30-45(72)27-40)65-58(73)55(37(2)3)67(7)60(75)57-47(20-24-79-57)41-14-17-44(63)18-15-41/h14-19,26-28,30-31,33,37-38,46-47,51-52,55,57,66,71-72H,9,11,13,20-25,29,32,34-36,63H2,1-8H3,(H,65,73)/t38-,46-,47+,51-,52-,55-,57+/m0/s1. The number of nitrogens with zero attached hydrogens (tertiary/aromatic N) is 5. The Morgan fingerprint density at radius 1 is 1.01 bits per heavy atom. The van der Waals surface area contributed by atoms with Gasteiger partial charge in [-0.25, -0.2) is 5.43 Å².